The zero-order valence-corrected chi connectivity index (χ0v) is 8.08. The van der Waals surface area contributed by atoms with E-state index in [4.69, 9.17) is 4.55 Å². The van der Waals surface area contributed by atoms with Crippen molar-refractivity contribution in [2.45, 2.75) is 13.3 Å². The lowest BCUT2D eigenvalue weighted by Crippen LogP contribution is -2.07. The molecule has 0 bridgehead atoms. The molecule has 0 aromatic carbocycles. The molecule has 1 rings (SSSR count). The van der Waals surface area contributed by atoms with Gasteiger partial charge in [-0.05, 0) is 19.1 Å². The minimum Gasteiger partial charge on any atom is -0.286 e. The van der Waals surface area contributed by atoms with Crippen LogP contribution in [0.3, 0.4) is 0 Å². The van der Waals surface area contributed by atoms with Crippen molar-refractivity contribution in [2.24, 2.45) is 0 Å². The number of hydrogen-bond acceptors (Lipinski definition) is 3. The van der Waals surface area contributed by atoms with E-state index >= 15 is 0 Å². The first-order valence-corrected chi connectivity index (χ1v) is 5.46. The normalized spacial score (nSPS) is 11.5. The van der Waals surface area contributed by atoms with E-state index in [2.05, 4.69) is 4.98 Å². The molecule has 1 aromatic rings. The van der Waals surface area contributed by atoms with Crippen LogP contribution >= 0.6 is 0 Å². The SMILES string of the molecule is Cc1cccc(CCS(=O)(=O)O)n1. The van der Waals surface area contributed by atoms with E-state index in [0.29, 0.717) is 5.69 Å². The van der Waals surface area contributed by atoms with Gasteiger partial charge in [0.05, 0.1) is 5.75 Å². The van der Waals surface area contributed by atoms with E-state index in [1.54, 1.807) is 6.07 Å². The topological polar surface area (TPSA) is 67.3 Å². The van der Waals surface area contributed by atoms with Crippen LogP contribution in [0.25, 0.3) is 0 Å². The third kappa shape index (κ3) is 4.00. The van der Waals surface area contributed by atoms with E-state index in [9.17, 15) is 8.42 Å². The van der Waals surface area contributed by atoms with Crippen LogP contribution in [0.1, 0.15) is 11.4 Å². The third-order valence-corrected chi connectivity index (χ3v) is 2.28. The van der Waals surface area contributed by atoms with Gasteiger partial charge in [0.25, 0.3) is 10.1 Å². The highest BCUT2D eigenvalue weighted by atomic mass is 32.2. The van der Waals surface area contributed by atoms with Gasteiger partial charge < -0.3 is 0 Å². The Morgan fingerprint density at radius 3 is 2.69 bits per heavy atom. The predicted molar refractivity (Wildman–Crippen MR) is 49.1 cm³/mol. The van der Waals surface area contributed by atoms with Crippen LogP contribution in [0, 0.1) is 6.92 Å². The van der Waals surface area contributed by atoms with E-state index in [0.717, 1.165) is 5.69 Å². The fourth-order valence-electron chi connectivity index (χ4n) is 0.972. The predicted octanol–water partition coefficient (Wildman–Crippen LogP) is 0.820. The second-order valence-electron chi connectivity index (χ2n) is 2.81. The molecule has 0 aliphatic rings. The third-order valence-electron chi connectivity index (χ3n) is 1.56. The van der Waals surface area contributed by atoms with Crippen molar-refractivity contribution in [3.8, 4) is 0 Å². The lowest BCUT2D eigenvalue weighted by Gasteiger charge is -1.99. The summed E-state index contributed by atoms with van der Waals surface area (Å²) < 4.78 is 29.3. The monoisotopic (exact) mass is 201 g/mol. The van der Waals surface area contributed by atoms with Gasteiger partial charge in [-0.3, -0.25) is 9.54 Å². The molecule has 13 heavy (non-hydrogen) atoms. The van der Waals surface area contributed by atoms with Crippen LogP contribution in [-0.2, 0) is 16.5 Å². The van der Waals surface area contributed by atoms with Gasteiger partial charge >= 0.3 is 0 Å². The minimum atomic E-state index is -3.88. The molecule has 0 unspecified atom stereocenters. The van der Waals surface area contributed by atoms with Crippen molar-refractivity contribution in [1.29, 1.82) is 0 Å². The van der Waals surface area contributed by atoms with Crippen molar-refractivity contribution in [3.63, 3.8) is 0 Å². The van der Waals surface area contributed by atoms with Crippen molar-refractivity contribution in [1.82, 2.24) is 4.98 Å². The average molecular weight is 201 g/mol. The number of pyridine rings is 1. The Labute approximate surface area is 77.4 Å². The van der Waals surface area contributed by atoms with Gasteiger partial charge in [-0.25, -0.2) is 0 Å². The fraction of sp³-hybridized carbons (Fsp3) is 0.375. The standard InChI is InChI=1S/C8H11NO3S/c1-7-3-2-4-8(9-7)5-6-13(10,11)12/h2-4H,5-6H2,1H3,(H,10,11,12). The summed E-state index contributed by atoms with van der Waals surface area (Å²) in [4.78, 5) is 4.10. The molecular formula is C8H11NO3S. The molecule has 0 saturated carbocycles. The average Bonchev–Trinajstić information content (AvgIpc) is 2.00. The van der Waals surface area contributed by atoms with Gasteiger partial charge in [0.2, 0.25) is 0 Å². The van der Waals surface area contributed by atoms with Gasteiger partial charge in [-0.15, -0.1) is 0 Å². The molecule has 5 heteroatoms. The van der Waals surface area contributed by atoms with E-state index in [-0.39, 0.29) is 12.2 Å². The fourth-order valence-corrected chi connectivity index (χ4v) is 1.44. The van der Waals surface area contributed by atoms with Crippen LogP contribution in [0.5, 0.6) is 0 Å². The summed E-state index contributed by atoms with van der Waals surface area (Å²) in [5, 5.41) is 0. The molecule has 0 radical (unpaired) electrons. The number of aryl methyl sites for hydroxylation is 2. The molecule has 1 N–H and O–H groups in total. The summed E-state index contributed by atoms with van der Waals surface area (Å²) in [5.41, 5.74) is 1.52. The van der Waals surface area contributed by atoms with Crippen LogP contribution in [-0.4, -0.2) is 23.7 Å². The molecular weight excluding hydrogens is 190 g/mol. The molecule has 0 atom stereocenters. The van der Waals surface area contributed by atoms with Crippen molar-refractivity contribution in [3.05, 3.63) is 29.6 Å². The second-order valence-corrected chi connectivity index (χ2v) is 4.38. The molecule has 0 aliphatic heterocycles. The van der Waals surface area contributed by atoms with E-state index in [1.807, 2.05) is 19.1 Å². The van der Waals surface area contributed by atoms with Crippen molar-refractivity contribution >= 4 is 10.1 Å². The lowest BCUT2D eigenvalue weighted by molar-refractivity contribution is 0.482. The zero-order valence-electron chi connectivity index (χ0n) is 7.27. The van der Waals surface area contributed by atoms with Crippen LogP contribution < -0.4 is 0 Å². The highest BCUT2D eigenvalue weighted by Gasteiger charge is 2.05. The number of aromatic nitrogens is 1. The first-order valence-electron chi connectivity index (χ1n) is 3.85. The van der Waals surface area contributed by atoms with Crippen molar-refractivity contribution in [2.75, 3.05) is 5.75 Å². The number of hydrogen-bond donors (Lipinski definition) is 1. The molecule has 0 fully saturated rings. The molecule has 4 nitrogen and oxygen atoms in total. The largest absolute Gasteiger partial charge is 0.286 e. The first kappa shape index (κ1) is 10.1. The number of nitrogens with zero attached hydrogens (tertiary/aromatic N) is 1. The van der Waals surface area contributed by atoms with Gasteiger partial charge in [0.15, 0.2) is 0 Å². The number of rotatable bonds is 3. The maximum absolute atomic E-state index is 10.4. The maximum atomic E-state index is 10.4. The smallest absolute Gasteiger partial charge is 0.265 e. The summed E-state index contributed by atoms with van der Waals surface area (Å²) in [6.45, 7) is 1.83. The highest BCUT2D eigenvalue weighted by molar-refractivity contribution is 7.85. The minimum absolute atomic E-state index is 0.251. The molecule has 0 aliphatic carbocycles. The lowest BCUT2D eigenvalue weighted by atomic mass is 10.3. The zero-order chi connectivity index (χ0) is 9.90. The molecule has 0 spiro atoms. The quantitative estimate of drug-likeness (QED) is 0.735. The molecule has 1 aromatic heterocycles. The molecule has 0 amide bonds. The van der Waals surface area contributed by atoms with Gasteiger partial charge in [-0.2, -0.15) is 8.42 Å². The van der Waals surface area contributed by atoms with E-state index in [1.165, 1.54) is 0 Å². The van der Waals surface area contributed by atoms with Gasteiger partial charge in [0, 0.05) is 17.8 Å². The highest BCUT2D eigenvalue weighted by Crippen LogP contribution is 2.00. The van der Waals surface area contributed by atoms with Crippen molar-refractivity contribution < 1.29 is 13.0 Å². The summed E-state index contributed by atoms with van der Waals surface area (Å²) >= 11 is 0. The Bertz CT molecular complexity index is 386. The summed E-state index contributed by atoms with van der Waals surface area (Å²) in [6.07, 6.45) is 0.251. The second kappa shape index (κ2) is 3.85. The van der Waals surface area contributed by atoms with Crippen LogP contribution in [0.2, 0.25) is 0 Å². The van der Waals surface area contributed by atoms with Crippen LogP contribution in [0.15, 0.2) is 18.2 Å². The van der Waals surface area contributed by atoms with E-state index < -0.39 is 10.1 Å². The maximum Gasteiger partial charge on any atom is 0.265 e. The summed E-state index contributed by atoms with van der Waals surface area (Å²) in [5.74, 6) is -0.274. The first-order chi connectivity index (χ1) is 5.97. The van der Waals surface area contributed by atoms with Crippen LogP contribution in [0.4, 0.5) is 0 Å². The van der Waals surface area contributed by atoms with Gasteiger partial charge in [0.1, 0.15) is 0 Å². The molecule has 72 valence electrons. The Morgan fingerprint density at radius 2 is 2.15 bits per heavy atom. The molecule has 1 heterocycles. The Hall–Kier alpha value is -0.940. The molecule has 0 saturated heterocycles. The van der Waals surface area contributed by atoms with Gasteiger partial charge in [-0.1, -0.05) is 6.07 Å². The Morgan fingerprint density at radius 1 is 1.46 bits per heavy atom. The summed E-state index contributed by atoms with van der Waals surface area (Å²) in [6, 6.07) is 5.37. The Balaban J connectivity index is 2.65. The Kier molecular flexibility index (Phi) is 3.00. The summed E-state index contributed by atoms with van der Waals surface area (Å²) in [7, 11) is -3.88.